The molecule has 312 valence electrons. The van der Waals surface area contributed by atoms with Crippen LogP contribution < -0.4 is 26.6 Å². The van der Waals surface area contributed by atoms with Crippen molar-refractivity contribution in [3.05, 3.63) is 12.7 Å². The molecule has 54 heavy (non-hydrogen) atoms. The largest absolute Gasteiger partial charge is 0.461 e. The molecule has 0 aromatic rings. The first-order chi connectivity index (χ1) is 25.1. The van der Waals surface area contributed by atoms with Crippen LogP contribution >= 0.6 is 0 Å². The van der Waals surface area contributed by atoms with Crippen LogP contribution in [-0.4, -0.2) is 107 Å². The van der Waals surface area contributed by atoms with Gasteiger partial charge in [0.1, 0.15) is 19.8 Å². The van der Waals surface area contributed by atoms with Crippen LogP contribution in [0.2, 0.25) is 0 Å². The molecule has 0 saturated heterocycles. The number of alkyl carbamates (subject to hydrolysis) is 5. The smallest absolute Gasteiger partial charge is 0.407 e. The Labute approximate surface area is 321 Å². The maximum absolute atomic E-state index is 12.5. The third kappa shape index (κ3) is 28.1. The van der Waals surface area contributed by atoms with Crippen molar-refractivity contribution >= 4 is 36.4 Å². The lowest BCUT2D eigenvalue weighted by Gasteiger charge is -2.28. The van der Waals surface area contributed by atoms with E-state index >= 15 is 0 Å². The van der Waals surface area contributed by atoms with Crippen molar-refractivity contribution in [3.63, 3.8) is 0 Å². The molecule has 0 spiro atoms. The maximum atomic E-state index is 12.5. The molecule has 0 bridgehead atoms. The van der Waals surface area contributed by atoms with Gasteiger partial charge in [-0.25, -0.2) is 28.8 Å². The zero-order valence-corrected chi connectivity index (χ0v) is 34.1. The van der Waals surface area contributed by atoms with E-state index in [2.05, 4.69) is 60.9 Å². The summed E-state index contributed by atoms with van der Waals surface area (Å²) in [6.07, 6.45) is -1.15. The molecule has 2 atom stereocenters. The first kappa shape index (κ1) is 49.6. The quantitative estimate of drug-likeness (QED) is 0.0340. The number of hydrogen-bond donors (Lipinski definition) is 5. The van der Waals surface area contributed by atoms with Crippen molar-refractivity contribution in [1.82, 2.24) is 26.6 Å². The first-order valence-corrected chi connectivity index (χ1v) is 18.6. The van der Waals surface area contributed by atoms with Crippen LogP contribution in [0, 0.1) is 22.7 Å². The van der Waals surface area contributed by atoms with Crippen molar-refractivity contribution in [3.8, 4) is 0 Å². The van der Waals surface area contributed by atoms with Gasteiger partial charge in [-0.3, -0.25) is 0 Å². The third-order valence-electron chi connectivity index (χ3n) is 7.68. The van der Waals surface area contributed by atoms with E-state index in [9.17, 15) is 28.8 Å². The van der Waals surface area contributed by atoms with E-state index in [4.69, 9.17) is 28.4 Å². The highest BCUT2D eigenvalue weighted by Crippen LogP contribution is 2.29. The second-order valence-electron chi connectivity index (χ2n) is 15.5. The Balaban J connectivity index is 4.92. The summed E-state index contributed by atoms with van der Waals surface area (Å²) >= 11 is 0. The fraction of sp³-hybridized carbons (Fsp3) is 0.784. The Morgan fingerprint density at radius 3 is 1.33 bits per heavy atom. The number of carbonyl (C=O) groups excluding carboxylic acids is 6. The van der Waals surface area contributed by atoms with E-state index in [0.717, 1.165) is 18.9 Å². The molecule has 0 radical (unpaired) electrons. The molecule has 0 heterocycles. The lowest BCUT2D eigenvalue weighted by atomic mass is 9.80. The number of amides is 5. The first-order valence-electron chi connectivity index (χ1n) is 18.6. The number of carbonyl (C=O) groups is 6. The van der Waals surface area contributed by atoms with Crippen molar-refractivity contribution in [2.75, 3.05) is 52.5 Å². The third-order valence-corrected chi connectivity index (χ3v) is 7.68. The SMILES string of the molecule is C=CC(=O)OCCNC(=O)OC(COC(=O)NCCC(C)(C)CC(C)CNC(=O)OC(C)C)COC(=O)NCCC(C)(C)CC(C)CNC(=O)OC(C)C. The molecule has 2 unspecified atom stereocenters. The van der Waals surface area contributed by atoms with Gasteiger partial charge in [0.05, 0.1) is 18.8 Å². The standard InChI is InChI=1S/C37H67N5O12/c1-12-30(43)49-18-17-40-33(46)54-29(23-50-31(44)38-15-13-36(8,9)19-27(6)21-41-34(47)52-25(2)3)24-51-32(45)39-16-14-37(10,11)20-28(7)22-42-35(48)53-26(4)5/h12,25-29H,1,13-24H2,2-11H3,(H,38,44)(H,39,45)(H,40,46)(H,41,47)(H,42,48). The van der Waals surface area contributed by atoms with Gasteiger partial charge in [0, 0.05) is 32.3 Å². The van der Waals surface area contributed by atoms with Crippen molar-refractivity contribution in [1.29, 1.82) is 0 Å². The van der Waals surface area contributed by atoms with E-state index in [1.807, 2.05) is 13.8 Å². The van der Waals surface area contributed by atoms with E-state index in [-0.39, 0.29) is 48.0 Å². The topological polar surface area (TPSA) is 218 Å². The van der Waals surface area contributed by atoms with Crippen molar-refractivity contribution < 1.29 is 57.2 Å². The van der Waals surface area contributed by atoms with Gasteiger partial charge in [-0.2, -0.15) is 0 Å². The van der Waals surface area contributed by atoms with Crippen LogP contribution in [0.5, 0.6) is 0 Å². The Kier molecular flexibility index (Phi) is 24.2. The van der Waals surface area contributed by atoms with Crippen LogP contribution in [0.4, 0.5) is 24.0 Å². The Hall–Kier alpha value is -4.44. The van der Waals surface area contributed by atoms with Gasteiger partial charge in [0.25, 0.3) is 0 Å². The van der Waals surface area contributed by atoms with E-state index in [1.54, 1.807) is 27.7 Å². The minimum absolute atomic E-state index is 0.0627. The fourth-order valence-electron chi connectivity index (χ4n) is 5.38. The van der Waals surface area contributed by atoms with Gasteiger partial charge in [-0.15, -0.1) is 0 Å². The van der Waals surface area contributed by atoms with Crippen LogP contribution in [0.1, 0.15) is 94.9 Å². The Bertz CT molecular complexity index is 1110. The highest BCUT2D eigenvalue weighted by atomic mass is 16.6. The van der Waals surface area contributed by atoms with E-state index < -0.39 is 55.8 Å². The number of esters is 1. The van der Waals surface area contributed by atoms with Gasteiger partial charge in [0.15, 0.2) is 6.10 Å². The van der Waals surface area contributed by atoms with E-state index in [0.29, 0.717) is 39.0 Å². The molecule has 17 heteroatoms. The predicted octanol–water partition coefficient (Wildman–Crippen LogP) is 5.42. The molecule has 0 aromatic carbocycles. The number of ether oxygens (including phenoxy) is 6. The molecule has 5 amide bonds. The lowest BCUT2D eigenvalue weighted by Crippen LogP contribution is -2.39. The summed E-state index contributed by atoms with van der Waals surface area (Å²) in [5.41, 5.74) is -0.343. The fourth-order valence-corrected chi connectivity index (χ4v) is 5.38. The number of hydrogen-bond acceptors (Lipinski definition) is 12. The average molecular weight is 774 g/mol. The summed E-state index contributed by atoms with van der Waals surface area (Å²) in [5, 5.41) is 13.3. The Morgan fingerprint density at radius 1 is 0.556 bits per heavy atom. The van der Waals surface area contributed by atoms with Gasteiger partial charge in [0.2, 0.25) is 0 Å². The summed E-state index contributed by atoms with van der Waals surface area (Å²) in [6.45, 7) is 23.1. The van der Waals surface area contributed by atoms with Gasteiger partial charge in [-0.05, 0) is 76.0 Å². The maximum Gasteiger partial charge on any atom is 0.407 e. The van der Waals surface area contributed by atoms with Crippen molar-refractivity contribution in [2.24, 2.45) is 22.7 Å². The van der Waals surface area contributed by atoms with E-state index in [1.165, 1.54) is 0 Å². The second-order valence-corrected chi connectivity index (χ2v) is 15.5. The Morgan fingerprint density at radius 2 is 0.944 bits per heavy atom. The van der Waals surface area contributed by atoms with Gasteiger partial charge >= 0.3 is 36.4 Å². The highest BCUT2D eigenvalue weighted by Gasteiger charge is 2.25. The summed E-state index contributed by atoms with van der Waals surface area (Å²) in [4.78, 5) is 72.2. The zero-order valence-electron chi connectivity index (χ0n) is 34.1. The summed E-state index contributed by atoms with van der Waals surface area (Å²) < 4.78 is 30.9. The highest BCUT2D eigenvalue weighted by molar-refractivity contribution is 5.81. The molecule has 0 rings (SSSR count). The molecule has 0 fully saturated rings. The molecule has 0 aliphatic rings. The summed E-state index contributed by atoms with van der Waals surface area (Å²) in [5.74, 6) is -0.333. The summed E-state index contributed by atoms with van der Waals surface area (Å²) in [7, 11) is 0. The zero-order chi connectivity index (χ0) is 41.3. The molecule has 0 aliphatic heterocycles. The average Bonchev–Trinajstić information content (AvgIpc) is 3.04. The molecular weight excluding hydrogens is 706 g/mol. The normalized spacial score (nSPS) is 13.0. The lowest BCUT2D eigenvalue weighted by molar-refractivity contribution is -0.137. The van der Waals surface area contributed by atoms with Crippen molar-refractivity contribution in [2.45, 2.75) is 113 Å². The van der Waals surface area contributed by atoms with Crippen LogP contribution in [0.15, 0.2) is 12.7 Å². The molecule has 17 nitrogen and oxygen atoms in total. The second kappa shape index (κ2) is 26.4. The number of rotatable bonds is 25. The molecular formula is C37H67N5O12. The minimum atomic E-state index is -1.16. The molecule has 0 aliphatic carbocycles. The van der Waals surface area contributed by atoms with Gasteiger partial charge in [-0.1, -0.05) is 48.1 Å². The molecule has 0 aromatic heterocycles. The van der Waals surface area contributed by atoms with Crippen LogP contribution in [0.3, 0.4) is 0 Å². The monoisotopic (exact) mass is 773 g/mol. The summed E-state index contributed by atoms with van der Waals surface area (Å²) in [6, 6.07) is 0. The predicted molar refractivity (Wildman–Crippen MR) is 202 cm³/mol. The molecule has 5 N–H and O–H groups in total. The minimum Gasteiger partial charge on any atom is -0.461 e. The van der Waals surface area contributed by atoms with Crippen LogP contribution in [0.25, 0.3) is 0 Å². The van der Waals surface area contributed by atoms with Gasteiger partial charge < -0.3 is 55.0 Å². The number of nitrogens with one attached hydrogen (secondary N) is 5. The molecule has 0 saturated carbocycles. The van der Waals surface area contributed by atoms with Crippen LogP contribution in [-0.2, 0) is 33.2 Å².